The lowest BCUT2D eigenvalue weighted by Crippen LogP contribution is -2.57. The van der Waals surface area contributed by atoms with Gasteiger partial charge in [0.15, 0.2) is 5.96 Å². The van der Waals surface area contributed by atoms with Crippen LogP contribution in [0, 0.1) is 0 Å². The molecule has 7 amide bonds. The van der Waals surface area contributed by atoms with Crippen molar-refractivity contribution in [1.29, 1.82) is 0 Å². The Morgan fingerprint density at radius 1 is 0.604 bits per heavy atom. The van der Waals surface area contributed by atoms with Crippen molar-refractivity contribution in [2.45, 2.75) is 88.4 Å². The topological polar surface area (TPSA) is 320 Å². The molecular weight excluding hydrogens is 688 g/mol. The van der Waals surface area contributed by atoms with E-state index >= 15 is 0 Å². The second-order valence-electron chi connectivity index (χ2n) is 12.6. The van der Waals surface area contributed by atoms with E-state index in [-0.39, 0.29) is 38.2 Å². The van der Waals surface area contributed by atoms with E-state index in [0.717, 1.165) is 5.56 Å². The van der Waals surface area contributed by atoms with Crippen molar-refractivity contribution < 1.29 is 33.6 Å². The number of amides is 7. The van der Waals surface area contributed by atoms with E-state index in [1.165, 1.54) is 0 Å². The Hall–Kier alpha value is -5.30. The molecule has 1 fully saturated rings. The van der Waals surface area contributed by atoms with Crippen LogP contribution in [0.15, 0.2) is 35.3 Å². The van der Waals surface area contributed by atoms with Gasteiger partial charge in [-0.2, -0.15) is 0 Å². The van der Waals surface area contributed by atoms with Gasteiger partial charge in [0.05, 0.1) is 19.6 Å². The first kappa shape index (κ1) is 43.9. The summed E-state index contributed by atoms with van der Waals surface area (Å²) in [5, 5.41) is 18.1. The highest BCUT2D eigenvalue weighted by molar-refractivity contribution is 5.95. The smallest absolute Gasteiger partial charge is 0.245 e. The van der Waals surface area contributed by atoms with E-state index in [2.05, 4.69) is 42.2 Å². The highest BCUT2D eigenvalue weighted by Gasteiger charge is 2.30. The molecule has 0 saturated carbocycles. The van der Waals surface area contributed by atoms with Crippen LogP contribution in [0.1, 0.15) is 63.4 Å². The summed E-state index contributed by atoms with van der Waals surface area (Å²) in [5.74, 6) is -4.70. The van der Waals surface area contributed by atoms with Crippen molar-refractivity contribution in [2.24, 2.45) is 27.9 Å². The molecule has 4 atom stereocenters. The van der Waals surface area contributed by atoms with Crippen LogP contribution in [0.3, 0.4) is 0 Å². The molecule has 0 unspecified atom stereocenters. The molecule has 294 valence electrons. The van der Waals surface area contributed by atoms with Gasteiger partial charge in [-0.1, -0.05) is 30.3 Å². The van der Waals surface area contributed by atoms with Crippen molar-refractivity contribution >= 4 is 47.3 Å². The highest BCUT2D eigenvalue weighted by atomic mass is 16.2. The average molecular weight is 745 g/mol. The lowest BCUT2D eigenvalue weighted by molar-refractivity contribution is -0.134. The summed E-state index contributed by atoms with van der Waals surface area (Å²) in [5.41, 5.74) is 23.1. The Bertz CT molecular complexity index is 1390. The normalized spacial score (nSPS) is 22.3. The largest absolute Gasteiger partial charge is 0.370 e. The Morgan fingerprint density at radius 2 is 1.15 bits per heavy atom. The quantitative estimate of drug-likeness (QED) is 0.0594. The number of rotatable bonds is 11. The zero-order valence-corrected chi connectivity index (χ0v) is 30.1. The molecule has 0 radical (unpaired) electrons. The van der Waals surface area contributed by atoms with Crippen molar-refractivity contribution in [1.82, 2.24) is 37.2 Å². The molecule has 0 aliphatic carbocycles. The summed E-state index contributed by atoms with van der Waals surface area (Å²) in [6.07, 6.45) is 3.85. The Balaban J connectivity index is 2.35. The second-order valence-corrected chi connectivity index (χ2v) is 12.6. The molecule has 19 nitrogen and oxygen atoms in total. The van der Waals surface area contributed by atoms with Gasteiger partial charge in [0.25, 0.3) is 0 Å². The second kappa shape index (κ2) is 24.8. The molecule has 1 aliphatic heterocycles. The fourth-order valence-corrected chi connectivity index (χ4v) is 5.37. The van der Waals surface area contributed by atoms with Crippen molar-refractivity contribution in [3.8, 4) is 0 Å². The molecule has 19 heteroatoms. The van der Waals surface area contributed by atoms with E-state index in [1.807, 2.05) is 0 Å². The van der Waals surface area contributed by atoms with E-state index in [0.29, 0.717) is 51.6 Å². The summed E-state index contributed by atoms with van der Waals surface area (Å²) in [6, 6.07) is 4.74. The van der Waals surface area contributed by atoms with Gasteiger partial charge < -0.3 is 60.2 Å². The molecule has 0 bridgehead atoms. The third-order valence-electron chi connectivity index (χ3n) is 8.22. The summed E-state index contributed by atoms with van der Waals surface area (Å²) in [7, 11) is 0. The van der Waals surface area contributed by atoms with Crippen molar-refractivity contribution in [3.05, 3.63) is 35.9 Å². The van der Waals surface area contributed by atoms with E-state index in [1.54, 1.807) is 30.3 Å². The third kappa shape index (κ3) is 18.2. The van der Waals surface area contributed by atoms with Gasteiger partial charge >= 0.3 is 0 Å². The molecule has 53 heavy (non-hydrogen) atoms. The van der Waals surface area contributed by atoms with Gasteiger partial charge in [0.1, 0.15) is 24.2 Å². The van der Waals surface area contributed by atoms with Crippen molar-refractivity contribution in [2.75, 3.05) is 39.3 Å². The van der Waals surface area contributed by atoms with E-state index in [4.69, 9.17) is 22.9 Å². The number of aliphatic imine (C=N–C) groups is 1. The Morgan fingerprint density at radius 3 is 1.74 bits per heavy atom. The minimum absolute atomic E-state index is 0.0689. The monoisotopic (exact) mass is 744 g/mol. The first-order valence-electron chi connectivity index (χ1n) is 17.9. The average Bonchev–Trinajstić information content (AvgIpc) is 3.13. The van der Waals surface area contributed by atoms with Gasteiger partial charge in [-0.05, 0) is 76.4 Å². The van der Waals surface area contributed by atoms with Gasteiger partial charge in [-0.15, -0.1) is 0 Å². The number of guanidine groups is 1. The molecule has 1 saturated heterocycles. The minimum Gasteiger partial charge on any atom is -0.370 e. The maximum absolute atomic E-state index is 13.7. The molecule has 1 aromatic rings. The SMILES string of the molecule is NCCCC[C@@H]1NC(=O)[C@H](CCCCN)NC(=O)[C@@H](Cc2ccccc2)NC(=O)CNC(=O)CNC(=O)CNC(=O)[C@H](N=C(N)N)CCCCNC1=O. The number of hydrogen-bond acceptors (Lipinski definition) is 10. The first-order chi connectivity index (χ1) is 25.4. The van der Waals surface area contributed by atoms with Crippen LogP contribution in [0.25, 0.3) is 0 Å². The maximum Gasteiger partial charge on any atom is 0.245 e. The number of hydrogen-bond donors (Lipinski definition) is 11. The van der Waals surface area contributed by atoms with E-state index < -0.39 is 85.2 Å². The summed E-state index contributed by atoms with van der Waals surface area (Å²) in [4.78, 5) is 95.2. The van der Waals surface area contributed by atoms with Gasteiger partial charge in [-0.25, -0.2) is 4.99 Å². The van der Waals surface area contributed by atoms with Crippen LogP contribution in [-0.2, 0) is 40.0 Å². The summed E-state index contributed by atoms with van der Waals surface area (Å²) in [6.45, 7) is -0.518. The van der Waals surface area contributed by atoms with Crippen LogP contribution in [0.5, 0.6) is 0 Å². The molecule has 2 rings (SSSR count). The minimum atomic E-state index is -1.14. The molecule has 0 aromatic heterocycles. The summed E-state index contributed by atoms with van der Waals surface area (Å²) >= 11 is 0. The molecule has 15 N–H and O–H groups in total. The molecule has 1 aliphatic rings. The number of carbonyl (C=O) groups is 7. The van der Waals surface area contributed by atoms with Crippen LogP contribution in [-0.4, -0.2) is 111 Å². The third-order valence-corrected chi connectivity index (χ3v) is 8.22. The Labute approximate surface area is 309 Å². The van der Waals surface area contributed by atoms with Crippen LogP contribution in [0.2, 0.25) is 0 Å². The van der Waals surface area contributed by atoms with Gasteiger partial charge in [-0.3, -0.25) is 33.6 Å². The predicted octanol–water partition coefficient (Wildman–Crippen LogP) is -3.77. The fourth-order valence-electron chi connectivity index (χ4n) is 5.37. The van der Waals surface area contributed by atoms with Gasteiger partial charge in [0.2, 0.25) is 41.4 Å². The first-order valence-corrected chi connectivity index (χ1v) is 17.9. The standard InChI is InChI=1S/C34H56N12O7/c35-15-7-4-12-23-30(50)39-17-9-6-14-24(46-34(37)38)31(51)42-20-28(48)40-19-27(47)41-21-29(49)43-26(18-22-10-2-1-3-11-22)33(53)45-25(32(52)44-23)13-5-8-16-36/h1-3,10-11,23-26H,4-9,12-21,35-36H2,(H,39,50)(H,40,48)(H,41,47)(H,42,51)(H,43,49)(H,44,52)(H,45,53)(H4,37,38,46)/t23-,24+,25-,26+/m0/s1. The van der Waals surface area contributed by atoms with Gasteiger partial charge in [0, 0.05) is 13.0 Å². The maximum atomic E-state index is 13.7. The van der Waals surface area contributed by atoms with Crippen LogP contribution >= 0.6 is 0 Å². The number of nitrogens with zero attached hydrogens (tertiary/aromatic N) is 1. The molecule has 1 aromatic carbocycles. The molecule has 1 heterocycles. The molecular formula is C34H56N12O7. The van der Waals surface area contributed by atoms with Crippen LogP contribution in [0.4, 0.5) is 0 Å². The lowest BCUT2D eigenvalue weighted by atomic mass is 10.0. The number of benzene rings is 1. The molecule has 0 spiro atoms. The summed E-state index contributed by atoms with van der Waals surface area (Å²) < 4.78 is 0. The van der Waals surface area contributed by atoms with E-state index in [9.17, 15) is 33.6 Å². The number of unbranched alkanes of at least 4 members (excludes halogenated alkanes) is 2. The number of nitrogens with two attached hydrogens (primary N) is 4. The lowest BCUT2D eigenvalue weighted by Gasteiger charge is -2.26. The van der Waals surface area contributed by atoms with Crippen LogP contribution < -0.4 is 60.2 Å². The zero-order chi connectivity index (χ0) is 39.0. The predicted molar refractivity (Wildman–Crippen MR) is 197 cm³/mol. The Kier molecular flexibility index (Phi) is 20.5. The zero-order valence-electron chi connectivity index (χ0n) is 30.1. The highest BCUT2D eigenvalue weighted by Crippen LogP contribution is 2.09. The van der Waals surface area contributed by atoms with Crippen molar-refractivity contribution in [3.63, 3.8) is 0 Å². The number of carbonyl (C=O) groups excluding carboxylic acids is 7. The fraction of sp³-hybridized carbons (Fsp3) is 0.588. The number of nitrogens with one attached hydrogen (secondary N) is 7.